The molecule has 22 heavy (non-hydrogen) atoms. The lowest BCUT2D eigenvalue weighted by Crippen LogP contribution is -2.30. The minimum Gasteiger partial charge on any atom is -0.618 e. The zero-order valence-corrected chi connectivity index (χ0v) is 13.5. The first-order valence-corrected chi connectivity index (χ1v) is 7.69. The van der Waals surface area contributed by atoms with E-state index in [0.29, 0.717) is 16.5 Å². The van der Waals surface area contributed by atoms with Crippen LogP contribution in [-0.2, 0) is 4.79 Å². The Morgan fingerprint density at radius 3 is 2.82 bits per heavy atom. The minimum atomic E-state index is -0.409. The molecule has 0 aliphatic heterocycles. The van der Waals surface area contributed by atoms with Crippen molar-refractivity contribution in [2.75, 3.05) is 12.4 Å². The van der Waals surface area contributed by atoms with Gasteiger partial charge in [-0.2, -0.15) is 4.73 Å². The second kappa shape index (κ2) is 7.17. The predicted octanol–water partition coefficient (Wildman–Crippen LogP) is 2.76. The van der Waals surface area contributed by atoms with E-state index in [4.69, 9.17) is 4.74 Å². The number of thioether (sulfide) groups is 1. The van der Waals surface area contributed by atoms with Gasteiger partial charge in [0.05, 0.1) is 18.0 Å². The summed E-state index contributed by atoms with van der Waals surface area (Å²) in [4.78, 5) is 12.3. The number of carbonyl (C=O) groups is 1. The average molecular weight is 318 g/mol. The first kappa shape index (κ1) is 16.2. The SMILES string of the molecule is COc1ccc(C)cc1NC(=O)[C@H](C)Sc1cccc[n+]1[O-]. The Morgan fingerprint density at radius 1 is 1.36 bits per heavy atom. The van der Waals surface area contributed by atoms with Gasteiger partial charge in [-0.1, -0.05) is 6.07 Å². The number of hydrogen-bond acceptors (Lipinski definition) is 4. The number of amides is 1. The van der Waals surface area contributed by atoms with E-state index in [9.17, 15) is 10.0 Å². The molecular formula is C16H18N2O3S. The van der Waals surface area contributed by atoms with E-state index in [-0.39, 0.29) is 5.91 Å². The van der Waals surface area contributed by atoms with Gasteiger partial charge in [-0.25, -0.2) is 0 Å². The number of carbonyl (C=O) groups excluding carboxylic acids is 1. The average Bonchev–Trinajstić information content (AvgIpc) is 2.49. The lowest BCUT2D eigenvalue weighted by atomic mass is 10.2. The van der Waals surface area contributed by atoms with Crippen molar-refractivity contribution in [2.24, 2.45) is 0 Å². The molecule has 1 aromatic heterocycles. The van der Waals surface area contributed by atoms with E-state index < -0.39 is 5.25 Å². The third kappa shape index (κ3) is 3.92. The van der Waals surface area contributed by atoms with Crippen molar-refractivity contribution in [1.82, 2.24) is 0 Å². The number of rotatable bonds is 5. The van der Waals surface area contributed by atoms with Gasteiger partial charge in [0.1, 0.15) is 5.75 Å². The Hall–Kier alpha value is -2.21. The molecule has 1 heterocycles. The number of anilines is 1. The van der Waals surface area contributed by atoms with Gasteiger partial charge >= 0.3 is 0 Å². The summed E-state index contributed by atoms with van der Waals surface area (Å²) >= 11 is 1.21. The molecule has 1 N–H and O–H groups in total. The van der Waals surface area contributed by atoms with Crippen molar-refractivity contribution in [2.45, 2.75) is 24.1 Å². The molecule has 0 fully saturated rings. The van der Waals surface area contributed by atoms with Crippen LogP contribution < -0.4 is 14.8 Å². The fourth-order valence-electron chi connectivity index (χ4n) is 1.89. The Kier molecular flexibility index (Phi) is 5.27. The van der Waals surface area contributed by atoms with Crippen LogP contribution in [0.3, 0.4) is 0 Å². The van der Waals surface area contributed by atoms with Crippen molar-refractivity contribution in [3.63, 3.8) is 0 Å². The maximum Gasteiger partial charge on any atom is 0.252 e. The topological polar surface area (TPSA) is 65.3 Å². The van der Waals surface area contributed by atoms with E-state index in [2.05, 4.69) is 5.32 Å². The molecule has 0 aliphatic rings. The molecule has 2 aromatic rings. The highest BCUT2D eigenvalue weighted by Gasteiger charge is 2.19. The molecule has 0 radical (unpaired) electrons. The predicted molar refractivity (Wildman–Crippen MR) is 87.1 cm³/mol. The van der Waals surface area contributed by atoms with Gasteiger partial charge in [0, 0.05) is 12.1 Å². The van der Waals surface area contributed by atoms with Crippen LogP contribution in [0.2, 0.25) is 0 Å². The molecule has 0 aliphatic carbocycles. The first-order chi connectivity index (χ1) is 10.5. The number of nitrogens with zero attached hydrogens (tertiary/aromatic N) is 1. The quantitative estimate of drug-likeness (QED) is 0.523. The van der Waals surface area contributed by atoms with Gasteiger partial charge in [0.2, 0.25) is 5.91 Å². The number of benzene rings is 1. The van der Waals surface area contributed by atoms with Gasteiger partial charge in [-0.15, -0.1) is 0 Å². The monoisotopic (exact) mass is 318 g/mol. The zero-order valence-electron chi connectivity index (χ0n) is 12.7. The highest BCUT2D eigenvalue weighted by molar-refractivity contribution is 8.00. The molecular weight excluding hydrogens is 300 g/mol. The Morgan fingerprint density at radius 2 is 2.14 bits per heavy atom. The number of aryl methyl sites for hydroxylation is 1. The molecule has 0 unspecified atom stereocenters. The van der Waals surface area contributed by atoms with E-state index in [1.165, 1.54) is 18.0 Å². The van der Waals surface area contributed by atoms with Crippen molar-refractivity contribution < 1.29 is 14.3 Å². The maximum absolute atomic E-state index is 12.3. The largest absolute Gasteiger partial charge is 0.618 e. The van der Waals surface area contributed by atoms with Crippen LogP contribution in [0.1, 0.15) is 12.5 Å². The lowest BCUT2D eigenvalue weighted by molar-refractivity contribution is -0.645. The van der Waals surface area contributed by atoms with Crippen molar-refractivity contribution in [3.8, 4) is 5.75 Å². The van der Waals surface area contributed by atoms with Crippen molar-refractivity contribution >= 4 is 23.4 Å². The van der Waals surface area contributed by atoms with Crippen LogP contribution in [0.25, 0.3) is 0 Å². The van der Waals surface area contributed by atoms with E-state index in [1.807, 2.05) is 25.1 Å². The summed E-state index contributed by atoms with van der Waals surface area (Å²) < 4.78 is 5.99. The van der Waals surface area contributed by atoms with Crippen LogP contribution in [0, 0.1) is 12.1 Å². The van der Waals surface area contributed by atoms with Crippen LogP contribution in [0.5, 0.6) is 5.75 Å². The molecule has 0 saturated heterocycles. The summed E-state index contributed by atoms with van der Waals surface area (Å²) in [6.07, 6.45) is 1.41. The Bertz CT molecular complexity index is 676. The van der Waals surface area contributed by atoms with Gasteiger partial charge in [0.15, 0.2) is 6.20 Å². The summed E-state index contributed by atoms with van der Waals surface area (Å²) in [5.41, 5.74) is 1.65. The first-order valence-electron chi connectivity index (χ1n) is 6.81. The molecule has 2 rings (SSSR count). The van der Waals surface area contributed by atoms with Gasteiger partial charge < -0.3 is 15.3 Å². The molecule has 116 valence electrons. The Balaban J connectivity index is 2.09. The van der Waals surface area contributed by atoms with Gasteiger partial charge in [-0.3, -0.25) is 4.79 Å². The molecule has 1 amide bonds. The Labute approximate surface area is 133 Å². The summed E-state index contributed by atoms with van der Waals surface area (Å²) in [5.74, 6) is 0.424. The van der Waals surface area contributed by atoms with Gasteiger partial charge in [-0.05, 0) is 49.4 Å². The zero-order chi connectivity index (χ0) is 16.1. The number of aromatic nitrogens is 1. The number of methoxy groups -OCH3 is 1. The lowest BCUT2D eigenvalue weighted by Gasteiger charge is -2.14. The summed E-state index contributed by atoms with van der Waals surface area (Å²) in [6.45, 7) is 3.70. The summed E-state index contributed by atoms with van der Waals surface area (Å²) in [6, 6.07) is 10.7. The third-order valence-electron chi connectivity index (χ3n) is 3.07. The van der Waals surface area contributed by atoms with Gasteiger partial charge in [0.25, 0.3) is 5.03 Å². The van der Waals surface area contributed by atoms with E-state index in [1.54, 1.807) is 32.2 Å². The maximum atomic E-state index is 12.3. The van der Waals surface area contributed by atoms with Crippen LogP contribution >= 0.6 is 11.8 Å². The minimum absolute atomic E-state index is 0.183. The van der Waals surface area contributed by atoms with Crippen LogP contribution in [-0.4, -0.2) is 18.3 Å². The number of ether oxygens (including phenoxy) is 1. The number of nitrogens with one attached hydrogen (secondary N) is 1. The summed E-state index contributed by atoms with van der Waals surface area (Å²) in [7, 11) is 1.56. The molecule has 0 bridgehead atoms. The summed E-state index contributed by atoms with van der Waals surface area (Å²) in [5, 5.41) is 14.5. The molecule has 0 spiro atoms. The highest BCUT2D eigenvalue weighted by Crippen LogP contribution is 2.27. The fourth-order valence-corrected chi connectivity index (χ4v) is 2.74. The van der Waals surface area contributed by atoms with E-state index in [0.717, 1.165) is 10.3 Å². The molecule has 1 atom stereocenters. The molecule has 6 heteroatoms. The highest BCUT2D eigenvalue weighted by atomic mass is 32.2. The number of hydrogen-bond donors (Lipinski definition) is 1. The second-order valence-corrected chi connectivity index (χ2v) is 6.18. The standard InChI is InChI=1S/C16H18N2O3S/c1-11-7-8-14(21-3)13(10-11)17-16(19)12(2)22-15-6-4-5-9-18(15)20/h4-10,12H,1-3H3,(H,17,19)/t12-/m0/s1. The third-order valence-corrected chi connectivity index (χ3v) is 4.19. The molecule has 0 saturated carbocycles. The smallest absolute Gasteiger partial charge is 0.252 e. The molecule has 5 nitrogen and oxygen atoms in total. The van der Waals surface area contributed by atoms with E-state index >= 15 is 0 Å². The number of pyridine rings is 1. The van der Waals surface area contributed by atoms with Crippen molar-refractivity contribution in [1.29, 1.82) is 0 Å². The van der Waals surface area contributed by atoms with Crippen LogP contribution in [0.15, 0.2) is 47.6 Å². The van der Waals surface area contributed by atoms with Crippen LogP contribution in [0.4, 0.5) is 5.69 Å². The second-order valence-electron chi connectivity index (χ2n) is 4.82. The fraction of sp³-hybridized carbons (Fsp3) is 0.250. The van der Waals surface area contributed by atoms with Crippen molar-refractivity contribution in [3.05, 3.63) is 53.4 Å². The normalized spacial score (nSPS) is 11.8. The molecule has 1 aromatic carbocycles.